The Morgan fingerprint density at radius 3 is 2.00 bits per heavy atom. The second-order valence-electron chi connectivity index (χ2n) is 7.71. The first-order chi connectivity index (χ1) is 12.9. The molecule has 0 aromatic rings. The van der Waals surface area contributed by atoms with Gasteiger partial charge in [0, 0.05) is 58.3 Å². The number of likely N-dealkylation sites (tertiary alicyclic amines) is 1. The summed E-state index contributed by atoms with van der Waals surface area (Å²) >= 11 is 0. The van der Waals surface area contributed by atoms with Gasteiger partial charge in [-0.15, -0.1) is 0 Å². The second kappa shape index (κ2) is 8.45. The van der Waals surface area contributed by atoms with Gasteiger partial charge in [-0.05, 0) is 25.7 Å². The molecule has 1 aliphatic carbocycles. The SMILES string of the molecule is CCN(CC)S(=O)(=O)N1CCN(C(=O)C2CCCN(C(=O)C3CC3)C2)CC1. The maximum absolute atomic E-state index is 12.9. The van der Waals surface area contributed by atoms with E-state index in [1.165, 1.54) is 8.61 Å². The van der Waals surface area contributed by atoms with Gasteiger partial charge in [-0.25, -0.2) is 0 Å². The van der Waals surface area contributed by atoms with E-state index < -0.39 is 10.2 Å². The van der Waals surface area contributed by atoms with E-state index in [-0.39, 0.29) is 23.7 Å². The fraction of sp³-hybridized carbons (Fsp3) is 0.889. The molecule has 0 bridgehead atoms. The van der Waals surface area contributed by atoms with Gasteiger partial charge in [0.05, 0.1) is 5.92 Å². The maximum atomic E-state index is 12.9. The molecule has 0 aromatic heterocycles. The molecule has 1 atom stereocenters. The topological polar surface area (TPSA) is 81.2 Å². The average molecular weight is 401 g/mol. The van der Waals surface area contributed by atoms with Crippen LogP contribution in [0.5, 0.6) is 0 Å². The third kappa shape index (κ3) is 4.46. The Hall–Kier alpha value is -1.19. The number of carbonyl (C=O) groups excluding carboxylic acids is 2. The summed E-state index contributed by atoms with van der Waals surface area (Å²) < 4.78 is 28.2. The van der Waals surface area contributed by atoms with Crippen LogP contribution in [0.4, 0.5) is 0 Å². The molecule has 0 aromatic carbocycles. The molecule has 2 amide bonds. The van der Waals surface area contributed by atoms with E-state index in [0.717, 1.165) is 32.2 Å². The number of amides is 2. The number of piperazine rings is 1. The molecule has 0 N–H and O–H groups in total. The number of carbonyl (C=O) groups is 2. The standard InChI is InChI=1S/C18H32N4O4S/c1-3-21(4-2)27(25,26)22-12-10-19(11-13-22)18(24)16-6-5-9-20(14-16)17(23)15-7-8-15/h15-16H,3-14H2,1-2H3. The van der Waals surface area contributed by atoms with Gasteiger partial charge in [0.2, 0.25) is 11.8 Å². The summed E-state index contributed by atoms with van der Waals surface area (Å²) in [6.45, 7) is 7.36. The van der Waals surface area contributed by atoms with E-state index in [1.807, 2.05) is 18.7 Å². The molecule has 8 nitrogen and oxygen atoms in total. The molecule has 154 valence electrons. The average Bonchev–Trinajstić information content (AvgIpc) is 3.53. The molecule has 0 spiro atoms. The van der Waals surface area contributed by atoms with Crippen LogP contribution in [0.15, 0.2) is 0 Å². The Balaban J connectivity index is 1.54. The van der Waals surface area contributed by atoms with E-state index in [4.69, 9.17) is 0 Å². The summed E-state index contributed by atoms with van der Waals surface area (Å²) in [5.41, 5.74) is 0. The molecule has 1 saturated carbocycles. The van der Waals surface area contributed by atoms with Crippen molar-refractivity contribution < 1.29 is 18.0 Å². The fourth-order valence-corrected chi connectivity index (χ4v) is 5.68. The summed E-state index contributed by atoms with van der Waals surface area (Å²) in [4.78, 5) is 28.9. The van der Waals surface area contributed by atoms with Crippen LogP contribution in [0.3, 0.4) is 0 Å². The number of hydrogen-bond donors (Lipinski definition) is 0. The van der Waals surface area contributed by atoms with Gasteiger partial charge in [0.25, 0.3) is 10.2 Å². The van der Waals surface area contributed by atoms with Gasteiger partial charge in [-0.3, -0.25) is 9.59 Å². The van der Waals surface area contributed by atoms with Crippen molar-refractivity contribution in [1.29, 1.82) is 0 Å². The van der Waals surface area contributed by atoms with E-state index in [1.54, 1.807) is 4.90 Å². The van der Waals surface area contributed by atoms with Gasteiger partial charge in [-0.2, -0.15) is 17.0 Å². The lowest BCUT2D eigenvalue weighted by atomic mass is 9.96. The van der Waals surface area contributed by atoms with E-state index in [2.05, 4.69) is 0 Å². The predicted molar refractivity (Wildman–Crippen MR) is 102 cm³/mol. The third-order valence-corrected chi connectivity index (χ3v) is 8.10. The van der Waals surface area contributed by atoms with Crippen molar-refractivity contribution in [3.05, 3.63) is 0 Å². The van der Waals surface area contributed by atoms with Crippen LogP contribution in [0.25, 0.3) is 0 Å². The van der Waals surface area contributed by atoms with Crippen molar-refractivity contribution in [2.45, 2.75) is 39.5 Å². The van der Waals surface area contributed by atoms with Gasteiger partial charge in [0.15, 0.2) is 0 Å². The molecular weight excluding hydrogens is 368 g/mol. The summed E-state index contributed by atoms with van der Waals surface area (Å²) in [7, 11) is -3.45. The quantitative estimate of drug-likeness (QED) is 0.645. The lowest BCUT2D eigenvalue weighted by Gasteiger charge is -2.39. The van der Waals surface area contributed by atoms with Crippen LogP contribution < -0.4 is 0 Å². The van der Waals surface area contributed by atoms with Crippen molar-refractivity contribution in [1.82, 2.24) is 18.4 Å². The first-order valence-corrected chi connectivity index (χ1v) is 11.6. The van der Waals surface area contributed by atoms with E-state index >= 15 is 0 Å². The second-order valence-corrected chi connectivity index (χ2v) is 9.64. The van der Waals surface area contributed by atoms with Gasteiger partial charge in [-0.1, -0.05) is 13.8 Å². The molecule has 2 saturated heterocycles. The minimum absolute atomic E-state index is 0.0724. The molecule has 9 heteroatoms. The Morgan fingerprint density at radius 1 is 0.852 bits per heavy atom. The Morgan fingerprint density at radius 2 is 1.44 bits per heavy atom. The van der Waals surface area contributed by atoms with Crippen LogP contribution >= 0.6 is 0 Å². The van der Waals surface area contributed by atoms with E-state index in [9.17, 15) is 18.0 Å². The summed E-state index contributed by atoms with van der Waals surface area (Å²) in [5, 5.41) is 0. The molecule has 3 aliphatic rings. The molecule has 27 heavy (non-hydrogen) atoms. The van der Waals surface area contributed by atoms with Crippen LogP contribution in [0.2, 0.25) is 0 Å². The highest BCUT2D eigenvalue weighted by molar-refractivity contribution is 7.86. The molecule has 2 aliphatic heterocycles. The number of piperidine rings is 1. The van der Waals surface area contributed by atoms with Crippen LogP contribution in [-0.2, 0) is 19.8 Å². The van der Waals surface area contributed by atoms with Crippen molar-refractivity contribution in [2.75, 3.05) is 52.4 Å². The zero-order chi connectivity index (χ0) is 19.6. The zero-order valence-corrected chi connectivity index (χ0v) is 17.3. The third-order valence-electron chi connectivity index (χ3n) is 5.92. The molecule has 2 heterocycles. The predicted octanol–water partition coefficient (Wildman–Crippen LogP) is 0.366. The zero-order valence-electron chi connectivity index (χ0n) is 16.5. The summed E-state index contributed by atoms with van der Waals surface area (Å²) in [6, 6.07) is 0. The number of hydrogen-bond acceptors (Lipinski definition) is 4. The van der Waals surface area contributed by atoms with Crippen LogP contribution in [0.1, 0.15) is 39.5 Å². The normalized spacial score (nSPS) is 25.1. The van der Waals surface area contributed by atoms with Crippen molar-refractivity contribution in [3.8, 4) is 0 Å². The molecule has 3 rings (SSSR count). The highest BCUT2D eigenvalue weighted by atomic mass is 32.2. The van der Waals surface area contributed by atoms with Crippen molar-refractivity contribution >= 4 is 22.0 Å². The van der Waals surface area contributed by atoms with E-state index in [0.29, 0.717) is 45.8 Å². The molecule has 3 fully saturated rings. The summed E-state index contributed by atoms with van der Waals surface area (Å²) in [6.07, 6.45) is 3.64. The summed E-state index contributed by atoms with van der Waals surface area (Å²) in [5.74, 6) is 0.325. The monoisotopic (exact) mass is 400 g/mol. The van der Waals surface area contributed by atoms with Crippen molar-refractivity contribution in [3.63, 3.8) is 0 Å². The lowest BCUT2D eigenvalue weighted by molar-refractivity contribution is -0.142. The van der Waals surface area contributed by atoms with Crippen LogP contribution in [0, 0.1) is 11.8 Å². The first-order valence-electron chi connectivity index (χ1n) is 10.2. The molecule has 1 unspecified atom stereocenters. The Kier molecular flexibility index (Phi) is 6.43. The lowest BCUT2D eigenvalue weighted by Crippen LogP contribution is -2.56. The van der Waals surface area contributed by atoms with Gasteiger partial charge >= 0.3 is 0 Å². The largest absolute Gasteiger partial charge is 0.342 e. The van der Waals surface area contributed by atoms with Crippen LogP contribution in [-0.4, -0.2) is 91.0 Å². The Labute approximate surface area is 162 Å². The molecule has 0 radical (unpaired) electrons. The minimum atomic E-state index is -3.45. The number of rotatable bonds is 6. The maximum Gasteiger partial charge on any atom is 0.282 e. The minimum Gasteiger partial charge on any atom is -0.342 e. The number of nitrogens with zero attached hydrogens (tertiary/aromatic N) is 4. The fourth-order valence-electron chi connectivity index (χ4n) is 4.08. The van der Waals surface area contributed by atoms with Gasteiger partial charge in [0.1, 0.15) is 0 Å². The van der Waals surface area contributed by atoms with Gasteiger partial charge < -0.3 is 9.80 Å². The Bertz CT molecular complexity index is 652. The highest BCUT2D eigenvalue weighted by Gasteiger charge is 2.39. The van der Waals surface area contributed by atoms with Crippen molar-refractivity contribution in [2.24, 2.45) is 11.8 Å². The molecular formula is C18H32N4O4S. The highest BCUT2D eigenvalue weighted by Crippen LogP contribution is 2.32. The smallest absolute Gasteiger partial charge is 0.282 e. The first kappa shape index (κ1) is 20.5.